The summed E-state index contributed by atoms with van der Waals surface area (Å²) in [4.78, 5) is 11.9. The Kier molecular flexibility index (Phi) is 4.65. The summed E-state index contributed by atoms with van der Waals surface area (Å²) in [5.41, 5.74) is 0.868. The molecule has 0 aliphatic carbocycles. The molecule has 0 fully saturated rings. The number of phenolic OH excluding ortho intramolecular Hbond substituents is 1. The maximum Gasteiger partial charge on any atom is 0.332 e. The Balaban J connectivity index is 2.34. The minimum Gasteiger partial charge on any atom is -0.508 e. The van der Waals surface area contributed by atoms with E-state index in [-0.39, 0.29) is 11.3 Å². The molecule has 0 amide bonds. The number of halogens is 2. The van der Waals surface area contributed by atoms with E-state index in [1.807, 2.05) is 0 Å². The number of esters is 1. The zero-order valence-electron chi connectivity index (χ0n) is 11.1. The number of aromatic hydroxyl groups is 1. The number of anilines is 1. The van der Waals surface area contributed by atoms with Gasteiger partial charge in [-0.1, -0.05) is 11.6 Å². The molecule has 0 aromatic heterocycles. The van der Waals surface area contributed by atoms with Gasteiger partial charge in [0.25, 0.3) is 0 Å². The highest BCUT2D eigenvalue weighted by atomic mass is 35.5. The summed E-state index contributed by atoms with van der Waals surface area (Å²) in [6.45, 7) is 0. The molecule has 2 aromatic carbocycles. The third-order valence-electron chi connectivity index (χ3n) is 2.83. The van der Waals surface area contributed by atoms with Crippen molar-refractivity contribution in [2.45, 2.75) is 6.04 Å². The lowest BCUT2D eigenvalue weighted by Crippen LogP contribution is -2.22. The smallest absolute Gasteiger partial charge is 0.332 e. The number of hydrogen-bond acceptors (Lipinski definition) is 4. The first-order valence-electron chi connectivity index (χ1n) is 6.09. The second kappa shape index (κ2) is 6.45. The molecule has 0 heterocycles. The van der Waals surface area contributed by atoms with E-state index in [2.05, 4.69) is 5.32 Å². The average Bonchev–Trinajstić information content (AvgIpc) is 2.44. The molecule has 2 N–H and O–H groups in total. The third-order valence-corrected chi connectivity index (χ3v) is 3.08. The number of ether oxygens (including phenoxy) is 1. The van der Waals surface area contributed by atoms with Crippen molar-refractivity contribution in [3.05, 3.63) is 58.9 Å². The van der Waals surface area contributed by atoms with Crippen LogP contribution < -0.4 is 5.32 Å². The summed E-state index contributed by atoms with van der Waals surface area (Å²) in [5.74, 6) is -1.51. The minimum absolute atomic E-state index is 0.259. The van der Waals surface area contributed by atoms with Gasteiger partial charge in [-0.25, -0.2) is 9.18 Å². The van der Waals surface area contributed by atoms with Gasteiger partial charge in [-0.2, -0.15) is 0 Å². The predicted octanol–water partition coefficient (Wildman–Crippen LogP) is 3.51. The van der Waals surface area contributed by atoms with Crippen molar-refractivity contribution < 1.29 is 19.0 Å². The average molecular weight is 310 g/mol. The molecule has 4 nitrogen and oxygen atoms in total. The van der Waals surface area contributed by atoms with E-state index < -0.39 is 17.8 Å². The molecule has 0 aliphatic heterocycles. The maximum absolute atomic E-state index is 13.4. The van der Waals surface area contributed by atoms with Crippen LogP contribution in [-0.4, -0.2) is 18.2 Å². The standard InChI is InChI=1S/C15H13ClFNO3/c1-21-15(20)14(9-6-11(17)8-13(19)7-9)18-12-4-2-10(16)3-5-12/h2-8,14,18-19H,1H3. The molecule has 21 heavy (non-hydrogen) atoms. The number of rotatable bonds is 4. The lowest BCUT2D eigenvalue weighted by atomic mass is 10.1. The molecule has 0 saturated heterocycles. The molecule has 2 rings (SSSR count). The van der Waals surface area contributed by atoms with Crippen molar-refractivity contribution in [3.8, 4) is 5.75 Å². The van der Waals surface area contributed by atoms with Crippen molar-refractivity contribution in [1.82, 2.24) is 0 Å². The third kappa shape index (κ3) is 3.86. The highest BCUT2D eigenvalue weighted by Crippen LogP contribution is 2.25. The first kappa shape index (κ1) is 15.1. The summed E-state index contributed by atoms with van der Waals surface area (Å²) < 4.78 is 18.1. The Morgan fingerprint density at radius 3 is 2.52 bits per heavy atom. The molecule has 0 bridgehead atoms. The fourth-order valence-corrected chi connectivity index (χ4v) is 2.00. The van der Waals surface area contributed by atoms with Crippen LogP contribution >= 0.6 is 11.6 Å². The quantitative estimate of drug-likeness (QED) is 0.849. The fourth-order valence-electron chi connectivity index (χ4n) is 1.87. The topological polar surface area (TPSA) is 58.6 Å². The SMILES string of the molecule is COC(=O)C(Nc1ccc(Cl)cc1)c1cc(O)cc(F)c1. The van der Waals surface area contributed by atoms with Crippen LogP contribution in [-0.2, 0) is 9.53 Å². The number of hydrogen-bond donors (Lipinski definition) is 2. The molecule has 0 aliphatic rings. The monoisotopic (exact) mass is 309 g/mol. The van der Waals surface area contributed by atoms with Crippen molar-refractivity contribution in [3.63, 3.8) is 0 Å². The highest BCUT2D eigenvalue weighted by molar-refractivity contribution is 6.30. The lowest BCUT2D eigenvalue weighted by Gasteiger charge is -2.18. The number of methoxy groups -OCH3 is 1. The molecule has 110 valence electrons. The lowest BCUT2D eigenvalue weighted by molar-refractivity contribution is -0.141. The largest absolute Gasteiger partial charge is 0.508 e. The Morgan fingerprint density at radius 2 is 1.95 bits per heavy atom. The van der Waals surface area contributed by atoms with Crippen LogP contribution in [0.25, 0.3) is 0 Å². The molecule has 1 unspecified atom stereocenters. The van der Waals surface area contributed by atoms with Gasteiger partial charge in [0, 0.05) is 16.8 Å². The summed E-state index contributed by atoms with van der Waals surface area (Å²) in [6, 6.07) is 9.13. The van der Waals surface area contributed by atoms with Crippen LogP contribution in [0.3, 0.4) is 0 Å². The normalized spacial score (nSPS) is 11.8. The fraction of sp³-hybridized carbons (Fsp3) is 0.133. The first-order valence-corrected chi connectivity index (χ1v) is 6.47. The second-order valence-electron chi connectivity index (χ2n) is 4.35. The van der Waals surface area contributed by atoms with Gasteiger partial charge in [0.1, 0.15) is 11.6 Å². The van der Waals surface area contributed by atoms with Crippen LogP contribution in [0.2, 0.25) is 5.02 Å². The minimum atomic E-state index is -0.947. The van der Waals surface area contributed by atoms with E-state index in [1.165, 1.54) is 13.2 Å². The van der Waals surface area contributed by atoms with Crippen molar-refractivity contribution in [2.24, 2.45) is 0 Å². The van der Waals surface area contributed by atoms with Crippen molar-refractivity contribution >= 4 is 23.3 Å². The second-order valence-corrected chi connectivity index (χ2v) is 4.79. The molecule has 0 radical (unpaired) electrons. The molecule has 1 atom stereocenters. The molecule has 0 spiro atoms. The molecule has 2 aromatic rings. The van der Waals surface area contributed by atoms with Crippen LogP contribution in [0.5, 0.6) is 5.75 Å². The number of carbonyl (C=O) groups is 1. The first-order chi connectivity index (χ1) is 9.99. The van der Waals surface area contributed by atoms with Crippen LogP contribution in [0.1, 0.15) is 11.6 Å². The van der Waals surface area contributed by atoms with E-state index in [0.717, 1.165) is 12.1 Å². The van der Waals surface area contributed by atoms with Gasteiger partial charge < -0.3 is 15.2 Å². The van der Waals surface area contributed by atoms with Gasteiger partial charge >= 0.3 is 5.97 Å². The molecule has 6 heteroatoms. The van der Waals surface area contributed by atoms with Gasteiger partial charge in [0.2, 0.25) is 0 Å². The van der Waals surface area contributed by atoms with E-state index in [4.69, 9.17) is 16.3 Å². The Labute approximate surface area is 126 Å². The Hall–Kier alpha value is -2.27. The number of phenols is 1. The predicted molar refractivity (Wildman–Crippen MR) is 77.9 cm³/mol. The van der Waals surface area contributed by atoms with Gasteiger partial charge in [-0.15, -0.1) is 0 Å². The van der Waals surface area contributed by atoms with E-state index >= 15 is 0 Å². The number of carbonyl (C=O) groups excluding carboxylic acids is 1. The van der Waals surface area contributed by atoms with Crippen LogP contribution in [0.4, 0.5) is 10.1 Å². The van der Waals surface area contributed by atoms with E-state index in [9.17, 15) is 14.3 Å². The summed E-state index contributed by atoms with van der Waals surface area (Å²) in [7, 11) is 1.23. The maximum atomic E-state index is 13.4. The molecular weight excluding hydrogens is 297 g/mol. The Bertz CT molecular complexity index is 626. The number of nitrogens with one attached hydrogen (secondary N) is 1. The van der Waals surface area contributed by atoms with Gasteiger partial charge in [-0.05, 0) is 42.0 Å². The molecular formula is C15H13ClFNO3. The summed E-state index contributed by atoms with van der Waals surface area (Å²) in [5, 5.41) is 12.9. The van der Waals surface area contributed by atoms with Gasteiger partial charge in [0.05, 0.1) is 7.11 Å². The molecule has 0 saturated carbocycles. The zero-order valence-corrected chi connectivity index (χ0v) is 11.9. The summed E-state index contributed by atoms with van der Waals surface area (Å²) >= 11 is 5.79. The summed E-state index contributed by atoms with van der Waals surface area (Å²) in [6.07, 6.45) is 0. The zero-order chi connectivity index (χ0) is 15.4. The van der Waals surface area contributed by atoms with Crippen LogP contribution in [0.15, 0.2) is 42.5 Å². The van der Waals surface area contributed by atoms with Gasteiger partial charge in [0.15, 0.2) is 6.04 Å². The van der Waals surface area contributed by atoms with Crippen LogP contribution in [0, 0.1) is 5.82 Å². The van der Waals surface area contributed by atoms with E-state index in [1.54, 1.807) is 24.3 Å². The Morgan fingerprint density at radius 1 is 1.29 bits per heavy atom. The van der Waals surface area contributed by atoms with Crippen molar-refractivity contribution in [1.29, 1.82) is 0 Å². The van der Waals surface area contributed by atoms with Gasteiger partial charge in [-0.3, -0.25) is 0 Å². The van der Waals surface area contributed by atoms with E-state index in [0.29, 0.717) is 10.7 Å². The highest BCUT2D eigenvalue weighted by Gasteiger charge is 2.22. The van der Waals surface area contributed by atoms with Crippen molar-refractivity contribution in [2.75, 3.05) is 12.4 Å². The number of benzene rings is 2.